The number of carboxylic acids is 1. The van der Waals surface area contributed by atoms with Crippen molar-refractivity contribution >= 4 is 34.5 Å². The second kappa shape index (κ2) is 5.80. The van der Waals surface area contributed by atoms with Crippen LogP contribution in [0.4, 0.5) is 11.6 Å². The minimum Gasteiger partial charge on any atom is -0.478 e. The fourth-order valence-electron chi connectivity index (χ4n) is 2.16. The van der Waals surface area contributed by atoms with E-state index < -0.39 is 22.5 Å². The molecule has 1 aromatic heterocycles. The van der Waals surface area contributed by atoms with Gasteiger partial charge in [0.15, 0.2) is 0 Å². The molecule has 0 saturated heterocycles. The first kappa shape index (κ1) is 15.2. The maximum atomic E-state index is 12.3. The largest absolute Gasteiger partial charge is 0.478 e. The van der Waals surface area contributed by atoms with Crippen LogP contribution in [-0.2, 0) is 0 Å². The molecule has 24 heavy (non-hydrogen) atoms. The Labute approximate surface area is 134 Å². The minimum atomic E-state index is -1.36. The zero-order valence-electron chi connectivity index (χ0n) is 12.0. The SMILES string of the molecule is O=C(O)c1cc(C(=O)Nc2nc3ccccc3[nH]2)cc([N+](=O)[O-])c1. The van der Waals surface area contributed by atoms with Crippen molar-refractivity contribution in [1.29, 1.82) is 0 Å². The number of H-pyrrole nitrogens is 1. The highest BCUT2D eigenvalue weighted by Crippen LogP contribution is 2.19. The standard InChI is InChI=1S/C15H10N4O5/c20-13(18-15-16-11-3-1-2-4-12(11)17-15)8-5-9(14(21)22)7-10(6-8)19(23)24/h1-7H,(H,21,22)(H2,16,17,18,20). The van der Waals surface area contributed by atoms with Crippen LogP contribution in [0.25, 0.3) is 11.0 Å². The molecule has 0 aliphatic carbocycles. The molecule has 1 amide bonds. The molecule has 0 radical (unpaired) electrons. The van der Waals surface area contributed by atoms with Gasteiger partial charge >= 0.3 is 5.97 Å². The van der Waals surface area contributed by atoms with E-state index >= 15 is 0 Å². The van der Waals surface area contributed by atoms with Gasteiger partial charge in [0.1, 0.15) is 0 Å². The number of anilines is 1. The number of amides is 1. The van der Waals surface area contributed by atoms with Gasteiger partial charge in [0.25, 0.3) is 11.6 Å². The van der Waals surface area contributed by atoms with Crippen molar-refractivity contribution < 1.29 is 19.6 Å². The van der Waals surface area contributed by atoms with Crippen molar-refractivity contribution in [3.05, 3.63) is 63.7 Å². The van der Waals surface area contributed by atoms with Gasteiger partial charge in [-0.15, -0.1) is 0 Å². The highest BCUT2D eigenvalue weighted by Gasteiger charge is 2.18. The number of carbonyl (C=O) groups excluding carboxylic acids is 1. The van der Waals surface area contributed by atoms with E-state index in [1.54, 1.807) is 24.3 Å². The maximum Gasteiger partial charge on any atom is 0.335 e. The van der Waals surface area contributed by atoms with E-state index in [-0.39, 0.29) is 17.1 Å². The highest BCUT2D eigenvalue weighted by molar-refractivity contribution is 6.05. The second-order valence-corrected chi connectivity index (χ2v) is 4.89. The number of hydrogen-bond acceptors (Lipinski definition) is 5. The smallest absolute Gasteiger partial charge is 0.335 e. The average Bonchev–Trinajstić information content (AvgIpc) is 2.96. The number of aromatic carboxylic acids is 1. The Balaban J connectivity index is 1.94. The van der Waals surface area contributed by atoms with Crippen LogP contribution in [-0.4, -0.2) is 31.9 Å². The van der Waals surface area contributed by atoms with Gasteiger partial charge < -0.3 is 10.1 Å². The van der Waals surface area contributed by atoms with Crippen LogP contribution >= 0.6 is 0 Å². The number of non-ortho nitro benzene ring substituents is 1. The van der Waals surface area contributed by atoms with Crippen LogP contribution in [0.2, 0.25) is 0 Å². The van der Waals surface area contributed by atoms with E-state index in [9.17, 15) is 19.7 Å². The zero-order valence-corrected chi connectivity index (χ0v) is 12.0. The van der Waals surface area contributed by atoms with Gasteiger partial charge in [-0.2, -0.15) is 0 Å². The van der Waals surface area contributed by atoms with Crippen LogP contribution in [0, 0.1) is 10.1 Å². The van der Waals surface area contributed by atoms with Gasteiger partial charge in [-0.25, -0.2) is 9.78 Å². The van der Waals surface area contributed by atoms with Crippen molar-refractivity contribution in [2.45, 2.75) is 0 Å². The molecule has 3 aromatic rings. The third kappa shape index (κ3) is 2.90. The fourth-order valence-corrected chi connectivity index (χ4v) is 2.16. The van der Waals surface area contributed by atoms with Crippen molar-refractivity contribution in [2.24, 2.45) is 0 Å². The molecule has 9 heteroatoms. The molecule has 3 rings (SSSR count). The Morgan fingerprint density at radius 3 is 2.54 bits per heavy atom. The lowest BCUT2D eigenvalue weighted by molar-refractivity contribution is -0.384. The Morgan fingerprint density at radius 1 is 1.17 bits per heavy atom. The molecule has 0 unspecified atom stereocenters. The van der Waals surface area contributed by atoms with Crippen LogP contribution < -0.4 is 5.32 Å². The number of carboxylic acid groups (broad SMARTS) is 1. The summed E-state index contributed by atoms with van der Waals surface area (Å²) in [5.74, 6) is -1.92. The molecule has 0 saturated carbocycles. The summed E-state index contributed by atoms with van der Waals surface area (Å²) in [6, 6.07) is 10.1. The molecule has 9 nitrogen and oxygen atoms in total. The molecular formula is C15H10N4O5. The van der Waals surface area contributed by atoms with Gasteiger partial charge in [0.05, 0.1) is 21.5 Å². The molecule has 0 spiro atoms. The highest BCUT2D eigenvalue weighted by atomic mass is 16.6. The molecule has 0 aliphatic rings. The topological polar surface area (TPSA) is 138 Å². The van der Waals surface area contributed by atoms with Crippen LogP contribution in [0.5, 0.6) is 0 Å². The normalized spacial score (nSPS) is 10.5. The molecule has 0 bridgehead atoms. The number of nitro benzene ring substituents is 1. The number of benzene rings is 2. The summed E-state index contributed by atoms with van der Waals surface area (Å²) < 4.78 is 0. The monoisotopic (exact) mass is 326 g/mol. The van der Waals surface area contributed by atoms with Crippen molar-refractivity contribution in [2.75, 3.05) is 5.32 Å². The predicted octanol–water partition coefficient (Wildman–Crippen LogP) is 2.42. The number of rotatable bonds is 4. The molecule has 1 heterocycles. The van der Waals surface area contributed by atoms with Crippen LogP contribution in [0.15, 0.2) is 42.5 Å². The van der Waals surface area contributed by atoms with Gasteiger partial charge in [-0.3, -0.25) is 20.2 Å². The Hall–Kier alpha value is -3.75. The Bertz CT molecular complexity index is 914. The number of carbonyl (C=O) groups is 2. The van der Waals surface area contributed by atoms with Gasteiger partial charge in [0, 0.05) is 17.7 Å². The first-order chi connectivity index (χ1) is 11.4. The molecule has 3 N–H and O–H groups in total. The number of imidazole rings is 1. The van der Waals surface area contributed by atoms with E-state index in [1.165, 1.54) is 0 Å². The second-order valence-electron chi connectivity index (χ2n) is 4.89. The van der Waals surface area contributed by atoms with Gasteiger partial charge in [-0.1, -0.05) is 12.1 Å². The number of nitro groups is 1. The van der Waals surface area contributed by atoms with Crippen LogP contribution in [0.3, 0.4) is 0 Å². The molecule has 0 atom stereocenters. The first-order valence-electron chi connectivity index (χ1n) is 6.73. The third-order valence-electron chi connectivity index (χ3n) is 3.26. The van der Waals surface area contributed by atoms with Crippen molar-refractivity contribution in [1.82, 2.24) is 9.97 Å². The Morgan fingerprint density at radius 2 is 1.88 bits per heavy atom. The summed E-state index contributed by atoms with van der Waals surface area (Å²) >= 11 is 0. The van der Waals surface area contributed by atoms with Crippen molar-refractivity contribution in [3.63, 3.8) is 0 Å². The number of para-hydroxylation sites is 2. The summed E-state index contributed by atoms with van der Waals surface area (Å²) in [6.07, 6.45) is 0. The number of aromatic amines is 1. The molecular weight excluding hydrogens is 316 g/mol. The average molecular weight is 326 g/mol. The summed E-state index contributed by atoms with van der Waals surface area (Å²) in [4.78, 5) is 40.5. The molecule has 2 aromatic carbocycles. The molecule has 120 valence electrons. The summed E-state index contributed by atoms with van der Waals surface area (Å²) in [6.45, 7) is 0. The predicted molar refractivity (Wildman–Crippen MR) is 84.1 cm³/mol. The number of aromatic nitrogens is 2. The van der Waals surface area contributed by atoms with Crippen LogP contribution in [0.1, 0.15) is 20.7 Å². The van der Waals surface area contributed by atoms with E-state index in [0.29, 0.717) is 11.0 Å². The van der Waals surface area contributed by atoms with E-state index in [1.807, 2.05) is 0 Å². The fraction of sp³-hybridized carbons (Fsp3) is 0. The lowest BCUT2D eigenvalue weighted by Gasteiger charge is -2.03. The summed E-state index contributed by atoms with van der Waals surface area (Å²) in [5, 5.41) is 22.4. The number of nitrogens with zero attached hydrogens (tertiary/aromatic N) is 2. The third-order valence-corrected chi connectivity index (χ3v) is 3.26. The van der Waals surface area contributed by atoms with E-state index in [4.69, 9.17) is 5.11 Å². The van der Waals surface area contributed by atoms with Gasteiger partial charge in [0.2, 0.25) is 5.95 Å². The number of fused-ring (bicyclic) bond motifs is 1. The first-order valence-corrected chi connectivity index (χ1v) is 6.73. The summed E-state index contributed by atoms with van der Waals surface area (Å²) in [5.41, 5.74) is 0.363. The number of hydrogen-bond donors (Lipinski definition) is 3. The quantitative estimate of drug-likeness (QED) is 0.497. The Kier molecular flexibility index (Phi) is 3.66. The van der Waals surface area contributed by atoms with E-state index in [2.05, 4.69) is 15.3 Å². The zero-order chi connectivity index (χ0) is 17.3. The number of nitrogens with one attached hydrogen (secondary N) is 2. The maximum absolute atomic E-state index is 12.3. The lowest BCUT2D eigenvalue weighted by Crippen LogP contribution is -2.14. The van der Waals surface area contributed by atoms with E-state index in [0.717, 1.165) is 18.2 Å². The lowest BCUT2D eigenvalue weighted by atomic mass is 10.1. The van der Waals surface area contributed by atoms with Gasteiger partial charge in [-0.05, 0) is 18.2 Å². The minimum absolute atomic E-state index is 0.151. The van der Waals surface area contributed by atoms with Crippen molar-refractivity contribution in [3.8, 4) is 0 Å². The molecule has 0 aliphatic heterocycles. The summed E-state index contributed by atoms with van der Waals surface area (Å²) in [7, 11) is 0. The molecule has 0 fully saturated rings.